The lowest BCUT2D eigenvalue weighted by atomic mass is 10.0. The fraction of sp³-hybridized carbons (Fsp3) is 0.417. The number of para-hydroxylation sites is 2. The first-order valence-corrected chi connectivity index (χ1v) is 9.77. The summed E-state index contributed by atoms with van der Waals surface area (Å²) in [6.45, 7) is 15.1. The molecule has 28 heavy (non-hydrogen) atoms. The first kappa shape index (κ1) is 25.4. The molecule has 0 spiro atoms. The molecule has 4 heteroatoms. The highest BCUT2D eigenvalue weighted by Crippen LogP contribution is 2.26. The summed E-state index contributed by atoms with van der Waals surface area (Å²) in [4.78, 5) is 21.5. The molecule has 0 atom stereocenters. The maximum absolute atomic E-state index is 10.8. The molecule has 0 saturated carbocycles. The SMILES string of the molecule is CC.CC(=O)Oc1ccccc1C(C)C.CC(=O)Oc1ccccc1C(C)C. The van der Waals surface area contributed by atoms with E-state index in [1.165, 1.54) is 13.8 Å². The molecule has 2 aromatic carbocycles. The fourth-order valence-corrected chi connectivity index (χ4v) is 2.41. The first-order valence-electron chi connectivity index (χ1n) is 9.77. The van der Waals surface area contributed by atoms with Gasteiger partial charge in [-0.25, -0.2) is 0 Å². The minimum Gasteiger partial charge on any atom is -0.426 e. The van der Waals surface area contributed by atoms with Gasteiger partial charge in [0.05, 0.1) is 0 Å². The molecule has 154 valence electrons. The number of benzene rings is 2. The van der Waals surface area contributed by atoms with E-state index in [-0.39, 0.29) is 11.9 Å². The fourth-order valence-electron chi connectivity index (χ4n) is 2.41. The van der Waals surface area contributed by atoms with Crippen molar-refractivity contribution in [1.29, 1.82) is 0 Å². The van der Waals surface area contributed by atoms with Crippen LogP contribution in [0.3, 0.4) is 0 Å². The third kappa shape index (κ3) is 9.36. The number of hydrogen-bond acceptors (Lipinski definition) is 4. The second-order valence-electron chi connectivity index (χ2n) is 6.57. The lowest BCUT2D eigenvalue weighted by Crippen LogP contribution is -2.04. The zero-order valence-corrected chi connectivity index (χ0v) is 18.4. The maximum Gasteiger partial charge on any atom is 0.308 e. The van der Waals surface area contributed by atoms with Gasteiger partial charge < -0.3 is 9.47 Å². The molecule has 0 unspecified atom stereocenters. The number of esters is 2. The van der Waals surface area contributed by atoms with E-state index in [9.17, 15) is 9.59 Å². The van der Waals surface area contributed by atoms with Gasteiger partial charge in [0.2, 0.25) is 0 Å². The molecule has 0 aliphatic rings. The van der Waals surface area contributed by atoms with E-state index < -0.39 is 0 Å². The summed E-state index contributed by atoms with van der Waals surface area (Å²) in [6, 6.07) is 15.2. The predicted molar refractivity (Wildman–Crippen MR) is 115 cm³/mol. The first-order chi connectivity index (χ1) is 13.2. The average molecular weight is 387 g/mol. The van der Waals surface area contributed by atoms with E-state index in [0.29, 0.717) is 23.3 Å². The summed E-state index contributed by atoms with van der Waals surface area (Å²) in [6.07, 6.45) is 0. The van der Waals surface area contributed by atoms with Gasteiger partial charge in [0.15, 0.2) is 0 Å². The van der Waals surface area contributed by atoms with Crippen molar-refractivity contribution < 1.29 is 19.1 Å². The van der Waals surface area contributed by atoms with Gasteiger partial charge in [-0.2, -0.15) is 0 Å². The van der Waals surface area contributed by atoms with Crippen LogP contribution in [0.15, 0.2) is 48.5 Å². The zero-order valence-electron chi connectivity index (χ0n) is 18.4. The van der Waals surface area contributed by atoms with Gasteiger partial charge >= 0.3 is 11.9 Å². The molecule has 0 radical (unpaired) electrons. The Morgan fingerprint density at radius 1 is 0.643 bits per heavy atom. The Kier molecular flexibility index (Phi) is 12.3. The van der Waals surface area contributed by atoms with E-state index in [2.05, 4.69) is 27.7 Å². The summed E-state index contributed by atoms with van der Waals surface area (Å²) in [5.74, 6) is 1.54. The number of carbonyl (C=O) groups excluding carboxylic acids is 2. The number of hydrogen-bond donors (Lipinski definition) is 0. The van der Waals surface area contributed by atoms with Crippen molar-refractivity contribution in [2.45, 2.75) is 67.2 Å². The number of carbonyl (C=O) groups is 2. The Bertz CT molecular complexity index is 669. The highest BCUT2D eigenvalue weighted by molar-refractivity contribution is 5.70. The summed E-state index contributed by atoms with van der Waals surface area (Å²) >= 11 is 0. The molecular weight excluding hydrogens is 352 g/mol. The molecule has 2 rings (SSSR count). The van der Waals surface area contributed by atoms with Crippen molar-refractivity contribution in [3.05, 3.63) is 59.7 Å². The molecule has 0 aromatic heterocycles. The Labute approximate surface area is 169 Å². The normalized spacial score (nSPS) is 9.64. The quantitative estimate of drug-likeness (QED) is 0.445. The van der Waals surface area contributed by atoms with Crippen LogP contribution in [0.2, 0.25) is 0 Å². The van der Waals surface area contributed by atoms with Gasteiger partial charge in [-0.05, 0) is 35.1 Å². The third-order valence-corrected chi connectivity index (χ3v) is 3.59. The van der Waals surface area contributed by atoms with E-state index in [4.69, 9.17) is 9.47 Å². The number of ether oxygens (including phenoxy) is 2. The Morgan fingerprint density at radius 3 is 1.18 bits per heavy atom. The van der Waals surface area contributed by atoms with Crippen LogP contribution in [0.1, 0.15) is 78.4 Å². The van der Waals surface area contributed by atoms with Crippen molar-refractivity contribution in [3.63, 3.8) is 0 Å². The summed E-state index contributed by atoms with van der Waals surface area (Å²) in [5, 5.41) is 0. The topological polar surface area (TPSA) is 52.6 Å². The lowest BCUT2D eigenvalue weighted by molar-refractivity contribution is -0.132. The molecule has 0 aliphatic heterocycles. The van der Waals surface area contributed by atoms with Gasteiger partial charge in [0, 0.05) is 13.8 Å². The van der Waals surface area contributed by atoms with Gasteiger partial charge in [-0.15, -0.1) is 0 Å². The summed E-state index contributed by atoms with van der Waals surface area (Å²) in [7, 11) is 0. The summed E-state index contributed by atoms with van der Waals surface area (Å²) < 4.78 is 10.1. The van der Waals surface area contributed by atoms with Crippen LogP contribution in [0.4, 0.5) is 0 Å². The van der Waals surface area contributed by atoms with E-state index in [1.54, 1.807) is 0 Å². The minimum atomic E-state index is -0.270. The highest BCUT2D eigenvalue weighted by Gasteiger charge is 2.08. The van der Waals surface area contributed by atoms with Crippen molar-refractivity contribution in [2.24, 2.45) is 0 Å². The van der Waals surface area contributed by atoms with Crippen molar-refractivity contribution in [2.75, 3.05) is 0 Å². The Hall–Kier alpha value is -2.62. The second kappa shape index (κ2) is 13.5. The van der Waals surface area contributed by atoms with Crippen LogP contribution in [-0.2, 0) is 9.59 Å². The lowest BCUT2D eigenvalue weighted by Gasteiger charge is -2.10. The molecule has 0 amide bonds. The number of rotatable bonds is 4. The molecule has 0 bridgehead atoms. The van der Waals surface area contributed by atoms with E-state index in [0.717, 1.165) is 11.1 Å². The molecule has 0 N–H and O–H groups in total. The molecule has 0 fully saturated rings. The summed E-state index contributed by atoms with van der Waals surface area (Å²) in [5.41, 5.74) is 2.13. The van der Waals surface area contributed by atoms with Crippen LogP contribution in [0.5, 0.6) is 11.5 Å². The highest BCUT2D eigenvalue weighted by atomic mass is 16.5. The molecular formula is C24H34O4. The van der Waals surface area contributed by atoms with Crippen LogP contribution in [0.25, 0.3) is 0 Å². The second-order valence-corrected chi connectivity index (χ2v) is 6.57. The van der Waals surface area contributed by atoms with Crippen LogP contribution >= 0.6 is 0 Å². The molecule has 4 nitrogen and oxygen atoms in total. The van der Waals surface area contributed by atoms with Gasteiger partial charge in [0.25, 0.3) is 0 Å². The van der Waals surface area contributed by atoms with Crippen molar-refractivity contribution in [1.82, 2.24) is 0 Å². The average Bonchev–Trinajstić information content (AvgIpc) is 2.63. The van der Waals surface area contributed by atoms with Crippen LogP contribution in [-0.4, -0.2) is 11.9 Å². The monoisotopic (exact) mass is 386 g/mol. The Morgan fingerprint density at radius 2 is 0.929 bits per heavy atom. The molecule has 0 aliphatic carbocycles. The molecule has 0 saturated heterocycles. The molecule has 2 aromatic rings. The predicted octanol–water partition coefficient (Wildman–Crippen LogP) is 6.50. The standard InChI is InChI=1S/2C11H14O2.C2H6/c2*1-8(2)10-6-4-5-7-11(10)13-9(3)12;1-2/h2*4-8H,1-3H3;1-2H3. The smallest absolute Gasteiger partial charge is 0.308 e. The van der Waals surface area contributed by atoms with Gasteiger partial charge in [0.1, 0.15) is 11.5 Å². The van der Waals surface area contributed by atoms with Crippen LogP contribution in [0, 0.1) is 0 Å². The third-order valence-electron chi connectivity index (χ3n) is 3.59. The van der Waals surface area contributed by atoms with Crippen LogP contribution < -0.4 is 9.47 Å². The van der Waals surface area contributed by atoms with Crippen molar-refractivity contribution >= 4 is 11.9 Å². The zero-order chi connectivity index (χ0) is 21.7. The minimum absolute atomic E-state index is 0.270. The largest absolute Gasteiger partial charge is 0.426 e. The maximum atomic E-state index is 10.8. The van der Waals surface area contributed by atoms with Crippen molar-refractivity contribution in [3.8, 4) is 11.5 Å². The van der Waals surface area contributed by atoms with Gasteiger partial charge in [-0.1, -0.05) is 77.9 Å². The molecule has 0 heterocycles. The van der Waals surface area contributed by atoms with Gasteiger partial charge in [-0.3, -0.25) is 9.59 Å². The Balaban J connectivity index is 0.000000478. The van der Waals surface area contributed by atoms with E-state index in [1.807, 2.05) is 62.4 Å². The van der Waals surface area contributed by atoms with E-state index >= 15 is 0 Å².